The van der Waals surface area contributed by atoms with Gasteiger partial charge in [0.15, 0.2) is 0 Å². The molecule has 80 valence electrons. The van der Waals surface area contributed by atoms with Gasteiger partial charge in [0.25, 0.3) is 0 Å². The van der Waals surface area contributed by atoms with Gasteiger partial charge in [-0.1, -0.05) is 17.7 Å². The summed E-state index contributed by atoms with van der Waals surface area (Å²) in [6, 6.07) is 4.12. The fourth-order valence-corrected chi connectivity index (χ4v) is 1.74. The number of carbonyl (C=O) groups is 1. The molecular formula is C10H9ClFNO2. The number of ether oxygens (including phenoxy) is 1. The van der Waals surface area contributed by atoms with Gasteiger partial charge in [0, 0.05) is 17.1 Å². The molecule has 1 N–H and O–H groups in total. The van der Waals surface area contributed by atoms with Crippen LogP contribution in [0.2, 0.25) is 5.02 Å². The van der Waals surface area contributed by atoms with E-state index in [9.17, 15) is 9.18 Å². The second-order valence-corrected chi connectivity index (χ2v) is 3.68. The van der Waals surface area contributed by atoms with Crippen LogP contribution in [0, 0.1) is 5.82 Å². The van der Waals surface area contributed by atoms with Crippen LogP contribution in [-0.4, -0.2) is 19.1 Å². The van der Waals surface area contributed by atoms with Crippen molar-refractivity contribution in [1.29, 1.82) is 0 Å². The molecule has 1 aliphatic rings. The highest BCUT2D eigenvalue weighted by Gasteiger charge is 2.22. The van der Waals surface area contributed by atoms with Crippen molar-refractivity contribution in [1.82, 2.24) is 5.32 Å². The Morgan fingerprint density at radius 2 is 2.33 bits per heavy atom. The largest absolute Gasteiger partial charge is 0.362 e. The third-order valence-corrected chi connectivity index (χ3v) is 2.54. The van der Waals surface area contributed by atoms with E-state index in [0.29, 0.717) is 17.1 Å². The highest BCUT2D eigenvalue weighted by molar-refractivity contribution is 6.31. The number of halogens is 2. The van der Waals surface area contributed by atoms with Crippen LogP contribution in [0.5, 0.6) is 0 Å². The van der Waals surface area contributed by atoms with E-state index in [2.05, 4.69) is 5.32 Å². The Hall–Kier alpha value is -1.13. The molecule has 1 amide bonds. The summed E-state index contributed by atoms with van der Waals surface area (Å²) in [5, 5.41) is 2.97. The molecule has 3 nitrogen and oxygen atoms in total. The molecular weight excluding hydrogens is 221 g/mol. The minimum absolute atomic E-state index is 0.0123. The van der Waals surface area contributed by atoms with Gasteiger partial charge in [-0.2, -0.15) is 0 Å². The zero-order valence-corrected chi connectivity index (χ0v) is 8.55. The molecule has 1 aromatic rings. The first-order chi connectivity index (χ1) is 7.16. The maximum absolute atomic E-state index is 12.8. The SMILES string of the molecule is O=C1CO[C@@H](c2ccc(F)cc2Cl)CN1. The van der Waals surface area contributed by atoms with E-state index in [1.165, 1.54) is 12.1 Å². The Labute approximate surface area is 91.2 Å². The summed E-state index contributed by atoms with van der Waals surface area (Å²) < 4.78 is 18.1. The van der Waals surface area contributed by atoms with Crippen LogP contribution in [0.1, 0.15) is 11.7 Å². The normalized spacial score (nSPS) is 21.2. The average molecular weight is 230 g/mol. The molecule has 0 spiro atoms. The van der Waals surface area contributed by atoms with Crippen molar-refractivity contribution in [3.05, 3.63) is 34.6 Å². The van der Waals surface area contributed by atoms with Crippen LogP contribution in [0.3, 0.4) is 0 Å². The van der Waals surface area contributed by atoms with Crippen molar-refractivity contribution in [2.24, 2.45) is 0 Å². The van der Waals surface area contributed by atoms with Crippen LogP contribution >= 0.6 is 11.6 Å². The van der Waals surface area contributed by atoms with Gasteiger partial charge in [-0.25, -0.2) is 4.39 Å². The summed E-state index contributed by atoms with van der Waals surface area (Å²) in [6.07, 6.45) is -0.296. The lowest BCUT2D eigenvalue weighted by Crippen LogP contribution is -2.38. The van der Waals surface area contributed by atoms with Gasteiger partial charge in [-0.05, 0) is 12.1 Å². The van der Waals surface area contributed by atoms with Crippen LogP contribution in [-0.2, 0) is 9.53 Å². The standard InChI is InChI=1S/C10H9ClFNO2/c11-8-3-6(12)1-2-7(8)9-4-13-10(14)5-15-9/h1-3,9H,4-5H2,(H,13,14)/t9-/m1/s1. The van der Waals surface area contributed by atoms with Gasteiger partial charge in [0.05, 0.1) is 0 Å². The van der Waals surface area contributed by atoms with Gasteiger partial charge in [0.1, 0.15) is 18.5 Å². The Balaban J connectivity index is 2.19. The van der Waals surface area contributed by atoms with E-state index in [4.69, 9.17) is 16.3 Å². The predicted octanol–water partition coefficient (Wildman–Crippen LogP) is 1.67. The summed E-state index contributed by atoms with van der Waals surface area (Å²) in [6.45, 7) is 0.378. The van der Waals surface area contributed by atoms with Crippen molar-refractivity contribution < 1.29 is 13.9 Å². The molecule has 0 radical (unpaired) electrons. The maximum atomic E-state index is 12.8. The third-order valence-electron chi connectivity index (χ3n) is 2.21. The molecule has 0 unspecified atom stereocenters. The highest BCUT2D eigenvalue weighted by atomic mass is 35.5. The second-order valence-electron chi connectivity index (χ2n) is 3.27. The molecule has 0 aliphatic carbocycles. The van der Waals surface area contributed by atoms with E-state index in [0.717, 1.165) is 0 Å². The summed E-state index contributed by atoms with van der Waals surface area (Å²) in [7, 11) is 0. The fourth-order valence-electron chi connectivity index (χ4n) is 1.46. The average Bonchev–Trinajstić information content (AvgIpc) is 2.20. The quantitative estimate of drug-likeness (QED) is 0.796. The van der Waals surface area contributed by atoms with Crippen molar-refractivity contribution in [3.8, 4) is 0 Å². The second kappa shape index (κ2) is 4.16. The van der Waals surface area contributed by atoms with Crippen molar-refractivity contribution >= 4 is 17.5 Å². The Bertz CT molecular complexity index is 387. The number of hydrogen-bond donors (Lipinski definition) is 1. The van der Waals surface area contributed by atoms with Crippen LogP contribution < -0.4 is 5.32 Å². The number of hydrogen-bond acceptors (Lipinski definition) is 2. The lowest BCUT2D eigenvalue weighted by molar-refractivity contribution is -0.133. The first kappa shape index (κ1) is 10.4. The molecule has 1 aliphatic heterocycles. The number of rotatable bonds is 1. The van der Waals surface area contributed by atoms with Crippen LogP contribution in [0.15, 0.2) is 18.2 Å². The Morgan fingerprint density at radius 1 is 1.53 bits per heavy atom. The summed E-state index contributed by atoms with van der Waals surface area (Å²) in [4.78, 5) is 10.8. The molecule has 2 rings (SSSR count). The molecule has 1 saturated heterocycles. The smallest absolute Gasteiger partial charge is 0.246 e. The van der Waals surface area contributed by atoms with Gasteiger partial charge in [-0.15, -0.1) is 0 Å². The molecule has 0 saturated carbocycles. The van der Waals surface area contributed by atoms with E-state index in [1.54, 1.807) is 6.07 Å². The predicted molar refractivity (Wildman–Crippen MR) is 53.1 cm³/mol. The van der Waals surface area contributed by atoms with Crippen molar-refractivity contribution in [2.45, 2.75) is 6.10 Å². The Morgan fingerprint density at radius 3 is 2.93 bits per heavy atom. The van der Waals surface area contributed by atoms with Gasteiger partial charge >= 0.3 is 0 Å². The van der Waals surface area contributed by atoms with Gasteiger partial charge in [0.2, 0.25) is 5.91 Å². The van der Waals surface area contributed by atoms with Crippen LogP contribution in [0.4, 0.5) is 4.39 Å². The first-order valence-electron chi connectivity index (χ1n) is 4.50. The molecule has 1 aromatic carbocycles. The highest BCUT2D eigenvalue weighted by Crippen LogP contribution is 2.27. The number of amides is 1. The summed E-state index contributed by atoms with van der Waals surface area (Å²) in [5.74, 6) is -0.534. The zero-order valence-electron chi connectivity index (χ0n) is 7.80. The Kier molecular flexibility index (Phi) is 2.88. The molecule has 1 heterocycles. The maximum Gasteiger partial charge on any atom is 0.246 e. The van der Waals surface area contributed by atoms with Crippen LogP contribution in [0.25, 0.3) is 0 Å². The molecule has 0 aromatic heterocycles. The number of morpholine rings is 1. The molecule has 1 atom stereocenters. The zero-order chi connectivity index (χ0) is 10.8. The molecule has 15 heavy (non-hydrogen) atoms. The minimum Gasteiger partial charge on any atom is -0.362 e. The third kappa shape index (κ3) is 2.27. The van der Waals surface area contributed by atoms with Crippen molar-refractivity contribution in [2.75, 3.05) is 13.2 Å². The monoisotopic (exact) mass is 229 g/mol. The number of nitrogens with one attached hydrogen (secondary N) is 1. The van der Waals surface area contributed by atoms with E-state index in [-0.39, 0.29) is 24.4 Å². The lowest BCUT2D eigenvalue weighted by atomic mass is 10.1. The van der Waals surface area contributed by atoms with E-state index in [1.807, 2.05) is 0 Å². The number of benzene rings is 1. The fraction of sp³-hybridized carbons (Fsp3) is 0.300. The van der Waals surface area contributed by atoms with Crippen molar-refractivity contribution in [3.63, 3.8) is 0 Å². The molecule has 0 bridgehead atoms. The minimum atomic E-state index is -0.386. The van der Waals surface area contributed by atoms with Gasteiger partial charge < -0.3 is 10.1 Å². The van der Waals surface area contributed by atoms with Gasteiger partial charge in [-0.3, -0.25) is 4.79 Å². The van der Waals surface area contributed by atoms with E-state index >= 15 is 0 Å². The summed E-state index contributed by atoms with van der Waals surface area (Å²) >= 11 is 5.87. The molecule has 5 heteroatoms. The molecule has 1 fully saturated rings. The topological polar surface area (TPSA) is 38.3 Å². The number of carbonyl (C=O) groups excluding carboxylic acids is 1. The first-order valence-corrected chi connectivity index (χ1v) is 4.88. The van der Waals surface area contributed by atoms with E-state index < -0.39 is 0 Å². The summed E-state index contributed by atoms with van der Waals surface area (Å²) in [5.41, 5.74) is 0.693. The lowest BCUT2D eigenvalue weighted by Gasteiger charge is -2.24.